The number of hydrogen-bond acceptors (Lipinski definition) is 0. The lowest BCUT2D eigenvalue weighted by atomic mass is 10.1. The van der Waals surface area contributed by atoms with Gasteiger partial charge in [-0.25, -0.2) is 0 Å². The van der Waals surface area contributed by atoms with Crippen molar-refractivity contribution in [1.82, 2.24) is 0 Å². The highest BCUT2D eigenvalue weighted by Gasteiger charge is 1.83. The number of hydrogen-bond donors (Lipinski definition) is 0. The predicted octanol–water partition coefficient (Wildman–Crippen LogP) is 4.50. The highest BCUT2D eigenvalue weighted by Crippen LogP contribution is 2.04. The fourth-order valence-electron chi connectivity index (χ4n) is 0.725. The van der Waals surface area contributed by atoms with Crippen LogP contribution in [0.5, 0.6) is 0 Å². The Bertz CT molecular complexity index is 159. The molecule has 0 spiro atoms. The van der Waals surface area contributed by atoms with Crippen LogP contribution in [-0.2, 0) is 0 Å². The van der Waals surface area contributed by atoms with Gasteiger partial charge in [0.25, 0.3) is 0 Å². The fourth-order valence-corrected chi connectivity index (χ4v) is 0.725. The molecule has 0 nitrogen and oxygen atoms in total. The molecule has 0 fully saturated rings. The zero-order chi connectivity index (χ0) is 9.98. The molecular formula is C12H22. The monoisotopic (exact) mass is 166 g/mol. The Labute approximate surface area is 77.7 Å². The van der Waals surface area contributed by atoms with E-state index in [0.29, 0.717) is 0 Å². The summed E-state index contributed by atoms with van der Waals surface area (Å²) in [5.41, 5.74) is 2.69. The Kier molecular flexibility index (Phi) is 11.7. The molecule has 0 aliphatic carbocycles. The highest BCUT2D eigenvalue weighted by molar-refractivity contribution is 5.23. The summed E-state index contributed by atoms with van der Waals surface area (Å²) in [6.07, 6.45) is 7.14. The lowest BCUT2D eigenvalue weighted by molar-refractivity contribution is 1.09. The van der Waals surface area contributed by atoms with Gasteiger partial charge >= 0.3 is 0 Å². The van der Waals surface area contributed by atoms with Crippen LogP contribution in [0.2, 0.25) is 0 Å². The van der Waals surface area contributed by atoms with E-state index >= 15 is 0 Å². The van der Waals surface area contributed by atoms with Gasteiger partial charge in [-0.1, -0.05) is 56.7 Å². The SMILES string of the molecule is C=C/C=C(C)\C=C(\C)CC.CC. The van der Waals surface area contributed by atoms with E-state index < -0.39 is 0 Å². The lowest BCUT2D eigenvalue weighted by Crippen LogP contribution is -1.73. The van der Waals surface area contributed by atoms with E-state index in [-0.39, 0.29) is 0 Å². The quantitative estimate of drug-likeness (QED) is 0.541. The minimum atomic E-state index is 1.13. The van der Waals surface area contributed by atoms with E-state index in [2.05, 4.69) is 33.4 Å². The van der Waals surface area contributed by atoms with Crippen LogP contribution in [0.1, 0.15) is 41.0 Å². The molecule has 0 rings (SSSR count). The van der Waals surface area contributed by atoms with Crippen molar-refractivity contribution in [3.05, 3.63) is 36.0 Å². The molecule has 12 heavy (non-hydrogen) atoms. The summed E-state index contributed by atoms with van der Waals surface area (Å²) >= 11 is 0. The fraction of sp³-hybridized carbons (Fsp3) is 0.500. The van der Waals surface area contributed by atoms with Crippen molar-refractivity contribution in [1.29, 1.82) is 0 Å². The van der Waals surface area contributed by atoms with Gasteiger partial charge in [0.05, 0.1) is 0 Å². The van der Waals surface area contributed by atoms with Crippen LogP contribution in [0.15, 0.2) is 36.0 Å². The van der Waals surface area contributed by atoms with Crippen molar-refractivity contribution in [2.24, 2.45) is 0 Å². The molecule has 0 radical (unpaired) electrons. The molecule has 0 aliphatic heterocycles. The summed E-state index contributed by atoms with van der Waals surface area (Å²) in [5.74, 6) is 0. The van der Waals surface area contributed by atoms with Crippen molar-refractivity contribution < 1.29 is 0 Å². The Morgan fingerprint density at radius 3 is 2.08 bits per heavy atom. The molecule has 0 atom stereocenters. The van der Waals surface area contributed by atoms with Gasteiger partial charge < -0.3 is 0 Å². The second-order valence-electron chi connectivity index (χ2n) is 2.49. The van der Waals surface area contributed by atoms with Crippen LogP contribution in [-0.4, -0.2) is 0 Å². The van der Waals surface area contributed by atoms with Crippen LogP contribution in [0.3, 0.4) is 0 Å². The summed E-state index contributed by atoms with van der Waals surface area (Å²) in [4.78, 5) is 0. The molecule has 0 N–H and O–H groups in total. The number of allylic oxidation sites excluding steroid dienone is 5. The third-order valence-corrected chi connectivity index (χ3v) is 1.41. The zero-order valence-corrected chi connectivity index (χ0v) is 9.15. The molecule has 0 aliphatic rings. The zero-order valence-electron chi connectivity index (χ0n) is 9.15. The predicted molar refractivity (Wildman–Crippen MR) is 59.4 cm³/mol. The summed E-state index contributed by atoms with van der Waals surface area (Å²) < 4.78 is 0. The third kappa shape index (κ3) is 9.22. The van der Waals surface area contributed by atoms with Crippen molar-refractivity contribution in [2.75, 3.05) is 0 Å². The van der Waals surface area contributed by atoms with Gasteiger partial charge in [-0.05, 0) is 20.3 Å². The largest absolute Gasteiger partial charge is 0.0991 e. The Balaban J connectivity index is 0. The molecule has 0 heteroatoms. The molecule has 0 saturated carbocycles. The first-order valence-electron chi connectivity index (χ1n) is 4.67. The van der Waals surface area contributed by atoms with Crippen LogP contribution in [0.4, 0.5) is 0 Å². The summed E-state index contributed by atoms with van der Waals surface area (Å²) in [6, 6.07) is 0. The average Bonchev–Trinajstić information content (AvgIpc) is 2.08. The van der Waals surface area contributed by atoms with E-state index in [0.717, 1.165) is 6.42 Å². The normalized spacial score (nSPS) is 11.8. The van der Waals surface area contributed by atoms with Gasteiger partial charge in [0.15, 0.2) is 0 Å². The minimum Gasteiger partial charge on any atom is -0.0991 e. The van der Waals surface area contributed by atoms with Crippen molar-refractivity contribution in [3.8, 4) is 0 Å². The Hall–Kier alpha value is -0.780. The smallest absolute Gasteiger partial charge is 0.0348 e. The second kappa shape index (κ2) is 10.2. The first kappa shape index (κ1) is 13.8. The first-order valence-corrected chi connectivity index (χ1v) is 4.67. The van der Waals surface area contributed by atoms with Gasteiger partial charge in [0, 0.05) is 0 Å². The van der Waals surface area contributed by atoms with Crippen LogP contribution < -0.4 is 0 Å². The molecule has 70 valence electrons. The van der Waals surface area contributed by atoms with Gasteiger partial charge in [0.2, 0.25) is 0 Å². The van der Waals surface area contributed by atoms with Crippen LogP contribution in [0, 0.1) is 0 Å². The van der Waals surface area contributed by atoms with Crippen LogP contribution in [0.25, 0.3) is 0 Å². The highest BCUT2D eigenvalue weighted by atomic mass is 13.9. The minimum absolute atomic E-state index is 1.13. The molecule has 0 aromatic heterocycles. The molecule has 0 unspecified atom stereocenters. The lowest BCUT2D eigenvalue weighted by Gasteiger charge is -1.93. The molecule has 0 saturated heterocycles. The Morgan fingerprint density at radius 1 is 1.25 bits per heavy atom. The van der Waals surface area contributed by atoms with Crippen molar-refractivity contribution in [3.63, 3.8) is 0 Å². The van der Waals surface area contributed by atoms with E-state index in [1.54, 1.807) is 0 Å². The molecule has 0 heterocycles. The van der Waals surface area contributed by atoms with E-state index in [4.69, 9.17) is 0 Å². The van der Waals surface area contributed by atoms with Gasteiger partial charge in [-0.2, -0.15) is 0 Å². The molecule has 0 aromatic carbocycles. The first-order chi connectivity index (χ1) is 5.70. The summed E-state index contributed by atoms with van der Waals surface area (Å²) in [5, 5.41) is 0. The molecule has 0 aromatic rings. The molecular weight excluding hydrogens is 144 g/mol. The van der Waals surface area contributed by atoms with Crippen molar-refractivity contribution >= 4 is 0 Å². The summed E-state index contributed by atoms with van der Waals surface area (Å²) in [6.45, 7) is 14.0. The maximum Gasteiger partial charge on any atom is -0.0348 e. The van der Waals surface area contributed by atoms with E-state index in [1.165, 1.54) is 11.1 Å². The standard InChI is InChI=1S/C10H16.C2H6/c1-5-7-10(4)8-9(3)6-2;1-2/h5,7-8H,1,6H2,2-4H3;1-2H3/b9-8-,10-7-;. The maximum atomic E-state index is 3.63. The second-order valence-corrected chi connectivity index (χ2v) is 2.49. The maximum absolute atomic E-state index is 3.63. The molecule has 0 amide bonds. The topological polar surface area (TPSA) is 0 Å². The third-order valence-electron chi connectivity index (χ3n) is 1.41. The van der Waals surface area contributed by atoms with Gasteiger partial charge in [0.1, 0.15) is 0 Å². The molecule has 0 bridgehead atoms. The van der Waals surface area contributed by atoms with Gasteiger partial charge in [-0.3, -0.25) is 0 Å². The summed E-state index contributed by atoms with van der Waals surface area (Å²) in [7, 11) is 0. The van der Waals surface area contributed by atoms with E-state index in [9.17, 15) is 0 Å². The van der Waals surface area contributed by atoms with Crippen molar-refractivity contribution in [2.45, 2.75) is 41.0 Å². The van der Waals surface area contributed by atoms with E-state index in [1.807, 2.05) is 26.0 Å². The Morgan fingerprint density at radius 2 is 1.75 bits per heavy atom. The van der Waals surface area contributed by atoms with Crippen LogP contribution >= 0.6 is 0 Å². The van der Waals surface area contributed by atoms with Gasteiger partial charge in [-0.15, -0.1) is 0 Å². The average molecular weight is 166 g/mol. The number of rotatable bonds is 3.